The summed E-state index contributed by atoms with van der Waals surface area (Å²) in [5, 5.41) is 0. The number of hydrogen-bond acceptors (Lipinski definition) is 5. The van der Waals surface area contributed by atoms with E-state index in [-0.39, 0.29) is 17.6 Å². The summed E-state index contributed by atoms with van der Waals surface area (Å²) in [5.41, 5.74) is 1.28. The van der Waals surface area contributed by atoms with E-state index in [2.05, 4.69) is 15.0 Å². The van der Waals surface area contributed by atoms with Gasteiger partial charge < -0.3 is 9.64 Å². The third-order valence-electron chi connectivity index (χ3n) is 4.75. The molecular formula is C21H19FN4O2. The topological polar surface area (TPSA) is 68.2 Å². The van der Waals surface area contributed by atoms with E-state index < -0.39 is 0 Å². The third-order valence-corrected chi connectivity index (χ3v) is 4.75. The predicted molar refractivity (Wildman–Crippen MR) is 101 cm³/mol. The lowest BCUT2D eigenvalue weighted by Gasteiger charge is -2.31. The van der Waals surface area contributed by atoms with Crippen molar-refractivity contribution in [3.63, 3.8) is 0 Å². The fourth-order valence-corrected chi connectivity index (χ4v) is 3.32. The number of carbonyl (C=O) groups excluding carboxylic acids is 1. The first-order valence-electron chi connectivity index (χ1n) is 9.15. The molecule has 0 N–H and O–H groups in total. The zero-order chi connectivity index (χ0) is 19.3. The Morgan fingerprint density at radius 1 is 1.11 bits per heavy atom. The molecule has 0 unspecified atom stereocenters. The lowest BCUT2D eigenvalue weighted by Crippen LogP contribution is -2.38. The summed E-state index contributed by atoms with van der Waals surface area (Å²) in [7, 11) is 0. The molecule has 2 aromatic heterocycles. The third kappa shape index (κ3) is 4.14. The molecular weight excluding hydrogens is 359 g/mol. The minimum atomic E-state index is -0.353. The average molecular weight is 378 g/mol. The number of piperidine rings is 1. The van der Waals surface area contributed by atoms with Gasteiger partial charge in [0.05, 0.1) is 6.20 Å². The standard InChI is InChI=1S/C21H19FN4O2/c22-16-3-1-4-17(13-16)28-20-6-2-5-18(25-20)15-7-11-26(12-8-15)21(27)19-14-23-9-10-24-19/h1-6,9-10,13-15H,7-8,11-12H2. The molecule has 1 saturated heterocycles. The number of amides is 1. The Bertz CT molecular complexity index is 959. The monoisotopic (exact) mass is 378 g/mol. The molecule has 6 nitrogen and oxygen atoms in total. The molecule has 1 aliphatic rings. The van der Waals surface area contributed by atoms with Crippen molar-refractivity contribution in [1.29, 1.82) is 0 Å². The molecule has 0 saturated carbocycles. The van der Waals surface area contributed by atoms with Crippen molar-refractivity contribution >= 4 is 5.91 Å². The van der Waals surface area contributed by atoms with E-state index in [0.29, 0.717) is 30.4 Å². The second kappa shape index (κ2) is 8.12. The fourth-order valence-electron chi connectivity index (χ4n) is 3.32. The van der Waals surface area contributed by atoms with Crippen molar-refractivity contribution in [2.45, 2.75) is 18.8 Å². The van der Waals surface area contributed by atoms with Gasteiger partial charge in [-0.15, -0.1) is 0 Å². The molecule has 3 aromatic rings. The lowest BCUT2D eigenvalue weighted by molar-refractivity contribution is 0.0705. The number of carbonyl (C=O) groups is 1. The van der Waals surface area contributed by atoms with E-state index in [9.17, 15) is 9.18 Å². The van der Waals surface area contributed by atoms with Crippen molar-refractivity contribution in [2.75, 3.05) is 13.1 Å². The Morgan fingerprint density at radius 3 is 2.68 bits per heavy atom. The van der Waals surface area contributed by atoms with Crippen LogP contribution in [0.15, 0.2) is 61.1 Å². The van der Waals surface area contributed by atoms with Crippen LogP contribution in [0.1, 0.15) is 34.9 Å². The van der Waals surface area contributed by atoms with Crippen molar-refractivity contribution in [3.05, 3.63) is 78.3 Å². The molecule has 3 heterocycles. The maximum Gasteiger partial charge on any atom is 0.274 e. The molecule has 7 heteroatoms. The Hall–Kier alpha value is -3.35. The largest absolute Gasteiger partial charge is 0.439 e. The van der Waals surface area contributed by atoms with Crippen LogP contribution in [-0.4, -0.2) is 38.8 Å². The Balaban J connectivity index is 1.40. The maximum absolute atomic E-state index is 13.3. The Morgan fingerprint density at radius 2 is 1.93 bits per heavy atom. The van der Waals surface area contributed by atoms with Gasteiger partial charge in [-0.3, -0.25) is 9.78 Å². The van der Waals surface area contributed by atoms with Crippen LogP contribution in [-0.2, 0) is 0 Å². The minimum Gasteiger partial charge on any atom is -0.439 e. The molecule has 28 heavy (non-hydrogen) atoms. The molecule has 1 amide bonds. The first-order valence-corrected chi connectivity index (χ1v) is 9.15. The smallest absolute Gasteiger partial charge is 0.274 e. The summed E-state index contributed by atoms with van der Waals surface area (Å²) in [6, 6.07) is 11.6. The van der Waals surface area contributed by atoms with E-state index in [1.165, 1.54) is 24.5 Å². The number of pyridine rings is 1. The van der Waals surface area contributed by atoms with Gasteiger partial charge in [0.1, 0.15) is 17.3 Å². The summed E-state index contributed by atoms with van der Waals surface area (Å²) in [4.78, 5) is 26.9. The van der Waals surface area contributed by atoms with Crippen molar-refractivity contribution in [3.8, 4) is 11.6 Å². The Labute approximate surface area is 162 Å². The minimum absolute atomic E-state index is 0.0947. The van der Waals surface area contributed by atoms with Crippen LogP contribution in [0.4, 0.5) is 4.39 Å². The highest BCUT2D eigenvalue weighted by molar-refractivity contribution is 5.92. The molecule has 0 radical (unpaired) electrons. The number of aromatic nitrogens is 3. The van der Waals surface area contributed by atoms with Gasteiger partial charge in [0.2, 0.25) is 5.88 Å². The van der Waals surface area contributed by atoms with Gasteiger partial charge in [-0.25, -0.2) is 14.4 Å². The average Bonchev–Trinajstić information content (AvgIpc) is 2.74. The summed E-state index contributed by atoms with van der Waals surface area (Å²) in [6.45, 7) is 1.27. The summed E-state index contributed by atoms with van der Waals surface area (Å²) in [6.07, 6.45) is 6.18. The van der Waals surface area contributed by atoms with Gasteiger partial charge in [0, 0.05) is 49.2 Å². The predicted octanol–water partition coefficient (Wildman–Crippen LogP) is 3.82. The van der Waals surface area contributed by atoms with E-state index >= 15 is 0 Å². The van der Waals surface area contributed by atoms with E-state index in [1.807, 2.05) is 12.1 Å². The van der Waals surface area contributed by atoms with E-state index in [0.717, 1.165) is 18.5 Å². The van der Waals surface area contributed by atoms with Crippen LogP contribution in [0.3, 0.4) is 0 Å². The number of hydrogen-bond donors (Lipinski definition) is 0. The summed E-state index contributed by atoms with van der Waals surface area (Å²) < 4.78 is 19.0. The van der Waals surface area contributed by atoms with Crippen molar-refractivity contribution < 1.29 is 13.9 Å². The van der Waals surface area contributed by atoms with Crippen LogP contribution in [0.25, 0.3) is 0 Å². The van der Waals surface area contributed by atoms with Crippen molar-refractivity contribution in [2.24, 2.45) is 0 Å². The van der Waals surface area contributed by atoms with Gasteiger partial charge in [-0.1, -0.05) is 12.1 Å². The highest BCUT2D eigenvalue weighted by Crippen LogP contribution is 2.29. The van der Waals surface area contributed by atoms with Gasteiger partial charge in [-0.05, 0) is 31.0 Å². The molecule has 1 fully saturated rings. The molecule has 0 aliphatic carbocycles. The first-order chi connectivity index (χ1) is 13.7. The second-order valence-electron chi connectivity index (χ2n) is 6.62. The van der Waals surface area contributed by atoms with Crippen LogP contribution in [0.2, 0.25) is 0 Å². The molecule has 0 spiro atoms. The van der Waals surface area contributed by atoms with Crippen LogP contribution in [0.5, 0.6) is 11.6 Å². The summed E-state index contributed by atoms with van der Waals surface area (Å²) in [5.74, 6) is 0.633. The quantitative estimate of drug-likeness (QED) is 0.690. The summed E-state index contributed by atoms with van der Waals surface area (Å²) >= 11 is 0. The second-order valence-corrected chi connectivity index (χ2v) is 6.62. The molecule has 0 atom stereocenters. The molecule has 4 rings (SSSR count). The van der Waals surface area contributed by atoms with E-state index in [1.54, 1.807) is 29.3 Å². The SMILES string of the molecule is O=C(c1cnccn1)N1CCC(c2cccc(Oc3cccc(F)c3)n2)CC1. The number of ether oxygens (including phenoxy) is 1. The van der Waals surface area contributed by atoms with Gasteiger partial charge >= 0.3 is 0 Å². The van der Waals surface area contributed by atoms with E-state index in [4.69, 9.17) is 4.74 Å². The van der Waals surface area contributed by atoms with Crippen molar-refractivity contribution in [1.82, 2.24) is 19.9 Å². The van der Waals surface area contributed by atoms with Gasteiger partial charge in [-0.2, -0.15) is 0 Å². The van der Waals surface area contributed by atoms with Gasteiger partial charge in [0.15, 0.2) is 0 Å². The molecule has 1 aromatic carbocycles. The number of benzene rings is 1. The van der Waals surface area contributed by atoms with Crippen LogP contribution < -0.4 is 4.74 Å². The normalized spacial score (nSPS) is 14.7. The fraction of sp³-hybridized carbons (Fsp3) is 0.238. The first kappa shape index (κ1) is 18.0. The zero-order valence-corrected chi connectivity index (χ0v) is 15.2. The van der Waals surface area contributed by atoms with Crippen LogP contribution >= 0.6 is 0 Å². The number of likely N-dealkylation sites (tertiary alicyclic amines) is 1. The number of nitrogens with zero attached hydrogens (tertiary/aromatic N) is 4. The number of halogens is 1. The Kier molecular flexibility index (Phi) is 5.23. The maximum atomic E-state index is 13.3. The zero-order valence-electron chi connectivity index (χ0n) is 15.2. The molecule has 1 aliphatic heterocycles. The molecule has 142 valence electrons. The van der Waals surface area contributed by atoms with Gasteiger partial charge in [0.25, 0.3) is 5.91 Å². The number of rotatable bonds is 4. The highest BCUT2D eigenvalue weighted by atomic mass is 19.1. The molecule has 0 bridgehead atoms. The highest BCUT2D eigenvalue weighted by Gasteiger charge is 2.26. The van der Waals surface area contributed by atoms with Crippen LogP contribution in [0, 0.1) is 5.82 Å². The lowest BCUT2D eigenvalue weighted by atomic mass is 9.93.